The van der Waals surface area contributed by atoms with Gasteiger partial charge in [0.05, 0.1) is 0 Å². The fraction of sp³-hybridized carbons (Fsp3) is 0.273. The van der Waals surface area contributed by atoms with Gasteiger partial charge in [0.1, 0.15) is 5.57 Å². The SMILES string of the molecule is CC(C)(C)c1ccc(C#C/C(=C\SCc2ccccc2)C(F)(F)F)cc1. The maximum absolute atomic E-state index is 13.2. The first-order chi connectivity index (χ1) is 12.2. The summed E-state index contributed by atoms with van der Waals surface area (Å²) in [4.78, 5) is 0. The normalized spacial score (nSPS) is 12.5. The summed E-state index contributed by atoms with van der Waals surface area (Å²) in [6.07, 6.45) is -4.46. The molecule has 2 aromatic carbocycles. The lowest BCUT2D eigenvalue weighted by Crippen LogP contribution is -2.10. The summed E-state index contributed by atoms with van der Waals surface area (Å²) in [7, 11) is 0. The molecule has 0 aliphatic heterocycles. The number of thioether (sulfide) groups is 1. The molecule has 0 spiro atoms. The molecule has 0 N–H and O–H groups in total. The van der Waals surface area contributed by atoms with E-state index >= 15 is 0 Å². The Morgan fingerprint density at radius 1 is 0.962 bits per heavy atom. The first kappa shape index (κ1) is 20.2. The number of hydrogen-bond donors (Lipinski definition) is 0. The van der Waals surface area contributed by atoms with E-state index in [1.807, 2.05) is 42.5 Å². The first-order valence-corrected chi connectivity index (χ1v) is 9.26. The molecule has 0 unspecified atom stereocenters. The summed E-state index contributed by atoms with van der Waals surface area (Å²) in [5, 5.41) is 1.10. The summed E-state index contributed by atoms with van der Waals surface area (Å²) >= 11 is 1.10. The lowest BCUT2D eigenvalue weighted by atomic mass is 9.87. The monoisotopic (exact) mass is 374 g/mol. The lowest BCUT2D eigenvalue weighted by molar-refractivity contribution is -0.0869. The minimum Gasteiger partial charge on any atom is -0.165 e. The van der Waals surface area contributed by atoms with Crippen molar-refractivity contribution in [3.63, 3.8) is 0 Å². The minimum atomic E-state index is -4.46. The van der Waals surface area contributed by atoms with Crippen molar-refractivity contribution >= 4 is 11.8 Å². The van der Waals surface area contributed by atoms with Crippen LogP contribution in [-0.4, -0.2) is 6.18 Å². The highest BCUT2D eigenvalue weighted by atomic mass is 32.2. The molecule has 0 radical (unpaired) electrons. The van der Waals surface area contributed by atoms with Crippen molar-refractivity contribution in [2.75, 3.05) is 0 Å². The number of hydrogen-bond acceptors (Lipinski definition) is 1. The fourth-order valence-corrected chi connectivity index (χ4v) is 2.98. The van der Waals surface area contributed by atoms with Crippen LogP contribution in [0.1, 0.15) is 37.5 Å². The number of alkyl halides is 3. The van der Waals surface area contributed by atoms with Crippen LogP contribution in [0.4, 0.5) is 13.2 Å². The van der Waals surface area contributed by atoms with Gasteiger partial charge in [-0.1, -0.05) is 75.1 Å². The van der Waals surface area contributed by atoms with Gasteiger partial charge in [-0.25, -0.2) is 0 Å². The second-order valence-electron chi connectivity index (χ2n) is 6.90. The third kappa shape index (κ3) is 6.31. The number of rotatable bonds is 3. The lowest BCUT2D eigenvalue weighted by Gasteiger charge is -2.18. The molecule has 136 valence electrons. The van der Waals surface area contributed by atoms with Crippen LogP contribution in [0.25, 0.3) is 0 Å². The molecule has 0 amide bonds. The largest absolute Gasteiger partial charge is 0.424 e. The van der Waals surface area contributed by atoms with Crippen LogP contribution in [-0.2, 0) is 11.2 Å². The van der Waals surface area contributed by atoms with Gasteiger partial charge in [-0.3, -0.25) is 0 Å². The van der Waals surface area contributed by atoms with Gasteiger partial charge in [0.2, 0.25) is 0 Å². The van der Waals surface area contributed by atoms with E-state index in [2.05, 4.69) is 32.6 Å². The van der Waals surface area contributed by atoms with Crippen molar-refractivity contribution in [3.8, 4) is 11.8 Å². The summed E-state index contributed by atoms with van der Waals surface area (Å²) in [5.74, 6) is 5.39. The van der Waals surface area contributed by atoms with E-state index in [1.165, 1.54) is 0 Å². The molecule has 0 aromatic heterocycles. The zero-order valence-electron chi connectivity index (χ0n) is 15.0. The van der Waals surface area contributed by atoms with Crippen molar-refractivity contribution in [1.82, 2.24) is 0 Å². The molecule has 0 atom stereocenters. The highest BCUT2D eigenvalue weighted by Crippen LogP contribution is 2.28. The van der Waals surface area contributed by atoms with Crippen LogP contribution in [0.2, 0.25) is 0 Å². The van der Waals surface area contributed by atoms with Crippen LogP contribution in [0.15, 0.2) is 65.6 Å². The average molecular weight is 374 g/mol. The van der Waals surface area contributed by atoms with E-state index in [4.69, 9.17) is 0 Å². The summed E-state index contributed by atoms with van der Waals surface area (Å²) in [5.41, 5.74) is 1.84. The van der Waals surface area contributed by atoms with Gasteiger partial charge in [0.15, 0.2) is 0 Å². The zero-order chi connectivity index (χ0) is 19.2. The molecule has 0 nitrogen and oxygen atoms in total. The van der Waals surface area contributed by atoms with Crippen molar-refractivity contribution in [2.45, 2.75) is 38.1 Å². The Balaban J connectivity index is 2.14. The molecule has 0 fully saturated rings. The Morgan fingerprint density at radius 2 is 1.58 bits per heavy atom. The third-order valence-electron chi connectivity index (χ3n) is 3.69. The van der Waals surface area contributed by atoms with Gasteiger partial charge in [-0.2, -0.15) is 13.2 Å². The molecule has 0 heterocycles. The molecule has 26 heavy (non-hydrogen) atoms. The molecule has 0 saturated heterocycles. The standard InChI is InChI=1S/C22H21F3S/c1-21(2,3)19-12-9-17(10-13-19)11-14-20(22(23,24)25)16-26-15-18-7-5-4-6-8-18/h4-10,12-13,16H,15H2,1-3H3/b20-16+. The average Bonchev–Trinajstić information content (AvgIpc) is 2.57. The van der Waals surface area contributed by atoms with Gasteiger partial charge in [-0.05, 0) is 34.1 Å². The summed E-state index contributed by atoms with van der Waals surface area (Å²) in [6, 6.07) is 16.7. The predicted octanol–water partition coefficient (Wildman–Crippen LogP) is 6.72. The van der Waals surface area contributed by atoms with Gasteiger partial charge < -0.3 is 0 Å². The van der Waals surface area contributed by atoms with Crippen LogP contribution < -0.4 is 0 Å². The fourth-order valence-electron chi connectivity index (χ4n) is 2.16. The van der Waals surface area contributed by atoms with Crippen molar-refractivity contribution in [3.05, 3.63) is 82.3 Å². The van der Waals surface area contributed by atoms with Crippen LogP contribution in [0, 0.1) is 11.8 Å². The minimum absolute atomic E-state index is 0.00291. The Bertz CT molecular complexity index is 799. The first-order valence-electron chi connectivity index (χ1n) is 8.22. The molecule has 4 heteroatoms. The van der Waals surface area contributed by atoms with Crippen molar-refractivity contribution in [1.29, 1.82) is 0 Å². The van der Waals surface area contributed by atoms with E-state index in [0.29, 0.717) is 11.3 Å². The topological polar surface area (TPSA) is 0 Å². The molecule has 0 aliphatic rings. The second kappa shape index (κ2) is 8.51. The van der Waals surface area contributed by atoms with Gasteiger partial charge in [0.25, 0.3) is 0 Å². The van der Waals surface area contributed by atoms with Crippen molar-refractivity contribution in [2.24, 2.45) is 0 Å². The highest BCUT2D eigenvalue weighted by Gasteiger charge is 2.32. The maximum atomic E-state index is 13.2. The maximum Gasteiger partial charge on any atom is 0.424 e. The molecule has 0 aliphatic carbocycles. The number of allylic oxidation sites excluding steroid dienone is 1. The van der Waals surface area contributed by atoms with E-state index < -0.39 is 11.7 Å². The van der Waals surface area contributed by atoms with E-state index in [0.717, 1.165) is 28.3 Å². The Labute approximate surface area is 157 Å². The number of halogens is 3. The molecule has 2 aromatic rings. The van der Waals surface area contributed by atoms with Crippen LogP contribution in [0.3, 0.4) is 0 Å². The van der Waals surface area contributed by atoms with Crippen LogP contribution >= 0.6 is 11.8 Å². The van der Waals surface area contributed by atoms with E-state index in [9.17, 15) is 13.2 Å². The smallest absolute Gasteiger partial charge is 0.165 e. The molecular formula is C22H21F3S. The summed E-state index contributed by atoms with van der Waals surface area (Å²) in [6.45, 7) is 6.26. The predicted molar refractivity (Wildman–Crippen MR) is 104 cm³/mol. The van der Waals surface area contributed by atoms with Gasteiger partial charge in [0, 0.05) is 11.3 Å². The molecule has 2 rings (SSSR count). The Morgan fingerprint density at radius 3 is 2.12 bits per heavy atom. The van der Waals surface area contributed by atoms with Gasteiger partial charge in [-0.15, -0.1) is 11.8 Å². The third-order valence-corrected chi connectivity index (χ3v) is 4.59. The second-order valence-corrected chi connectivity index (χ2v) is 7.76. The Kier molecular flexibility index (Phi) is 6.61. The summed E-state index contributed by atoms with van der Waals surface area (Å²) < 4.78 is 39.6. The molecule has 0 saturated carbocycles. The quantitative estimate of drug-likeness (QED) is 0.538. The highest BCUT2D eigenvalue weighted by molar-refractivity contribution is 8.01. The van der Waals surface area contributed by atoms with Crippen molar-refractivity contribution < 1.29 is 13.2 Å². The van der Waals surface area contributed by atoms with E-state index in [1.54, 1.807) is 12.1 Å². The van der Waals surface area contributed by atoms with Gasteiger partial charge >= 0.3 is 6.18 Å². The number of benzene rings is 2. The molecule has 0 bridgehead atoms. The zero-order valence-corrected chi connectivity index (χ0v) is 15.8. The van der Waals surface area contributed by atoms with E-state index in [-0.39, 0.29) is 5.41 Å². The molecular weight excluding hydrogens is 353 g/mol. The van der Waals surface area contributed by atoms with Crippen LogP contribution in [0.5, 0.6) is 0 Å². The Hall–Kier alpha value is -2.12.